The standard InChI is InChI=1S/C18H15F5N2O3/c19-13-5-6-15(14(20)9-13)28-10-16(26)24-7-8-25-17(27)11-1-3-12(4-2-11)18(21,22)23/h1-6,9H,7-8,10H2,(H,24,26)(H,25,27). The van der Waals surface area contributed by atoms with Crippen molar-refractivity contribution in [1.82, 2.24) is 10.6 Å². The normalized spacial score (nSPS) is 11.0. The second-order valence-electron chi connectivity index (χ2n) is 5.54. The fourth-order valence-electron chi connectivity index (χ4n) is 2.08. The minimum Gasteiger partial charge on any atom is -0.481 e. The molecule has 0 unspecified atom stereocenters. The van der Waals surface area contributed by atoms with Crippen LogP contribution in [0, 0.1) is 11.6 Å². The molecule has 2 rings (SSSR count). The number of alkyl halides is 3. The van der Waals surface area contributed by atoms with Crippen molar-refractivity contribution < 1.29 is 36.3 Å². The highest BCUT2D eigenvalue weighted by Crippen LogP contribution is 2.29. The lowest BCUT2D eigenvalue weighted by atomic mass is 10.1. The van der Waals surface area contributed by atoms with Gasteiger partial charge in [0, 0.05) is 24.7 Å². The molecule has 28 heavy (non-hydrogen) atoms. The fraction of sp³-hybridized carbons (Fsp3) is 0.222. The van der Waals surface area contributed by atoms with Gasteiger partial charge in [0.2, 0.25) is 0 Å². The highest BCUT2D eigenvalue weighted by molar-refractivity contribution is 5.94. The predicted octanol–water partition coefficient (Wildman–Crippen LogP) is 2.91. The van der Waals surface area contributed by atoms with Gasteiger partial charge in [-0.25, -0.2) is 8.78 Å². The summed E-state index contributed by atoms with van der Waals surface area (Å²) in [6.07, 6.45) is -4.49. The summed E-state index contributed by atoms with van der Waals surface area (Å²) in [5.41, 5.74) is -0.830. The van der Waals surface area contributed by atoms with E-state index in [4.69, 9.17) is 4.74 Å². The summed E-state index contributed by atoms with van der Waals surface area (Å²) in [4.78, 5) is 23.4. The highest BCUT2D eigenvalue weighted by Gasteiger charge is 2.30. The Morgan fingerprint density at radius 1 is 0.929 bits per heavy atom. The molecule has 0 saturated heterocycles. The van der Waals surface area contributed by atoms with Crippen molar-refractivity contribution in [3.05, 3.63) is 65.2 Å². The Labute approximate surface area is 156 Å². The van der Waals surface area contributed by atoms with Crippen LogP contribution in [0.15, 0.2) is 42.5 Å². The van der Waals surface area contributed by atoms with E-state index in [1.165, 1.54) is 0 Å². The summed E-state index contributed by atoms with van der Waals surface area (Å²) in [5, 5.41) is 4.82. The van der Waals surface area contributed by atoms with Crippen LogP contribution >= 0.6 is 0 Å². The van der Waals surface area contributed by atoms with Gasteiger partial charge in [-0.15, -0.1) is 0 Å². The summed E-state index contributed by atoms with van der Waals surface area (Å²) >= 11 is 0. The minimum absolute atomic E-state index is 0.0104. The van der Waals surface area contributed by atoms with Crippen LogP contribution in [0.3, 0.4) is 0 Å². The van der Waals surface area contributed by atoms with Gasteiger partial charge in [0.1, 0.15) is 5.82 Å². The molecule has 2 aromatic rings. The molecule has 2 N–H and O–H groups in total. The maximum atomic E-state index is 13.3. The van der Waals surface area contributed by atoms with Crippen molar-refractivity contribution in [3.63, 3.8) is 0 Å². The molecule has 0 bridgehead atoms. The molecular weight excluding hydrogens is 387 g/mol. The molecule has 5 nitrogen and oxygen atoms in total. The number of amides is 2. The number of carbonyl (C=O) groups excluding carboxylic acids is 2. The number of hydrogen-bond donors (Lipinski definition) is 2. The van der Waals surface area contributed by atoms with Crippen LogP contribution in [0.2, 0.25) is 0 Å². The molecule has 0 fully saturated rings. The van der Waals surface area contributed by atoms with E-state index < -0.39 is 41.8 Å². The van der Waals surface area contributed by atoms with Crippen molar-refractivity contribution in [2.45, 2.75) is 6.18 Å². The topological polar surface area (TPSA) is 67.4 Å². The lowest BCUT2D eigenvalue weighted by Gasteiger charge is -2.10. The van der Waals surface area contributed by atoms with Gasteiger partial charge in [-0.05, 0) is 36.4 Å². The van der Waals surface area contributed by atoms with Gasteiger partial charge in [-0.3, -0.25) is 9.59 Å². The zero-order valence-corrected chi connectivity index (χ0v) is 14.3. The van der Waals surface area contributed by atoms with E-state index >= 15 is 0 Å². The van der Waals surface area contributed by atoms with Crippen LogP contribution in [0.25, 0.3) is 0 Å². The number of carbonyl (C=O) groups is 2. The van der Waals surface area contributed by atoms with Gasteiger partial charge < -0.3 is 15.4 Å². The average molecular weight is 402 g/mol. The summed E-state index contributed by atoms with van der Waals surface area (Å²) < 4.78 is 68.4. The van der Waals surface area contributed by atoms with Crippen LogP contribution in [0.1, 0.15) is 15.9 Å². The van der Waals surface area contributed by atoms with Crippen LogP contribution < -0.4 is 15.4 Å². The Morgan fingerprint density at radius 3 is 2.18 bits per heavy atom. The van der Waals surface area contributed by atoms with Gasteiger partial charge in [0.15, 0.2) is 18.2 Å². The third-order valence-electron chi connectivity index (χ3n) is 3.46. The first-order chi connectivity index (χ1) is 13.2. The zero-order valence-electron chi connectivity index (χ0n) is 14.3. The molecule has 0 radical (unpaired) electrons. The van der Waals surface area contributed by atoms with E-state index in [1.54, 1.807) is 0 Å². The maximum absolute atomic E-state index is 13.3. The number of rotatable bonds is 7. The molecule has 2 amide bonds. The van der Waals surface area contributed by atoms with Crippen LogP contribution in [-0.4, -0.2) is 31.5 Å². The van der Waals surface area contributed by atoms with E-state index in [1.807, 2.05) is 0 Å². The average Bonchev–Trinajstić information content (AvgIpc) is 2.63. The van der Waals surface area contributed by atoms with Crippen molar-refractivity contribution in [3.8, 4) is 5.75 Å². The molecule has 0 aliphatic heterocycles. The van der Waals surface area contributed by atoms with Gasteiger partial charge in [0.25, 0.3) is 11.8 Å². The molecule has 0 heterocycles. The number of halogens is 5. The molecular formula is C18H15F5N2O3. The quantitative estimate of drug-likeness (QED) is 0.553. The summed E-state index contributed by atoms with van der Waals surface area (Å²) in [7, 11) is 0. The number of benzene rings is 2. The molecule has 2 aromatic carbocycles. The minimum atomic E-state index is -4.49. The van der Waals surface area contributed by atoms with E-state index in [2.05, 4.69) is 10.6 Å². The lowest BCUT2D eigenvalue weighted by Crippen LogP contribution is -2.36. The largest absolute Gasteiger partial charge is 0.481 e. The van der Waals surface area contributed by atoms with Crippen molar-refractivity contribution in [2.24, 2.45) is 0 Å². The van der Waals surface area contributed by atoms with Crippen molar-refractivity contribution >= 4 is 11.8 Å². The van der Waals surface area contributed by atoms with Gasteiger partial charge in [-0.1, -0.05) is 0 Å². The van der Waals surface area contributed by atoms with Gasteiger partial charge >= 0.3 is 6.18 Å². The Morgan fingerprint density at radius 2 is 1.57 bits per heavy atom. The molecule has 10 heteroatoms. The number of hydrogen-bond acceptors (Lipinski definition) is 3. The van der Waals surface area contributed by atoms with Crippen LogP contribution in [-0.2, 0) is 11.0 Å². The third-order valence-corrected chi connectivity index (χ3v) is 3.46. The van der Waals surface area contributed by atoms with Crippen LogP contribution in [0.4, 0.5) is 22.0 Å². The second kappa shape index (κ2) is 9.16. The SMILES string of the molecule is O=C(COc1ccc(F)cc1F)NCCNC(=O)c1ccc(C(F)(F)F)cc1. The summed E-state index contributed by atoms with van der Waals surface area (Å²) in [5.74, 6) is -3.22. The summed E-state index contributed by atoms with van der Waals surface area (Å²) in [6, 6.07) is 6.31. The first-order valence-electron chi connectivity index (χ1n) is 7.97. The van der Waals surface area contributed by atoms with E-state index in [9.17, 15) is 31.5 Å². The maximum Gasteiger partial charge on any atom is 0.416 e. The Kier molecular flexibility index (Phi) is 6.91. The first kappa shape index (κ1) is 21.1. The molecule has 150 valence electrons. The highest BCUT2D eigenvalue weighted by atomic mass is 19.4. The summed E-state index contributed by atoms with van der Waals surface area (Å²) in [6.45, 7) is -0.494. The monoisotopic (exact) mass is 402 g/mol. The zero-order chi connectivity index (χ0) is 20.7. The number of nitrogens with one attached hydrogen (secondary N) is 2. The predicted molar refractivity (Wildman–Crippen MR) is 88.6 cm³/mol. The molecule has 0 atom stereocenters. The molecule has 0 saturated carbocycles. The van der Waals surface area contributed by atoms with Crippen LogP contribution in [0.5, 0.6) is 5.75 Å². The first-order valence-corrected chi connectivity index (χ1v) is 7.97. The molecule has 0 spiro atoms. The molecule has 0 aliphatic carbocycles. The second-order valence-corrected chi connectivity index (χ2v) is 5.54. The molecule has 0 aliphatic rings. The van der Waals surface area contributed by atoms with E-state index in [0.717, 1.165) is 36.4 Å². The van der Waals surface area contributed by atoms with E-state index in [-0.39, 0.29) is 24.4 Å². The Hall–Kier alpha value is -3.17. The van der Waals surface area contributed by atoms with Crippen molar-refractivity contribution in [1.29, 1.82) is 0 Å². The Bertz CT molecular complexity index is 838. The van der Waals surface area contributed by atoms with E-state index in [0.29, 0.717) is 6.07 Å². The van der Waals surface area contributed by atoms with Gasteiger partial charge in [-0.2, -0.15) is 13.2 Å². The third kappa shape index (κ3) is 6.22. The Balaban J connectivity index is 1.70. The lowest BCUT2D eigenvalue weighted by molar-refractivity contribution is -0.137. The van der Waals surface area contributed by atoms with Gasteiger partial charge in [0.05, 0.1) is 5.56 Å². The smallest absolute Gasteiger partial charge is 0.416 e. The molecule has 0 aromatic heterocycles. The number of ether oxygens (including phenoxy) is 1. The fourth-order valence-corrected chi connectivity index (χ4v) is 2.08. The van der Waals surface area contributed by atoms with Crippen molar-refractivity contribution in [2.75, 3.05) is 19.7 Å².